The second-order valence-electron chi connectivity index (χ2n) is 12.9. The molecule has 0 spiro atoms. The van der Waals surface area contributed by atoms with Gasteiger partial charge in [0, 0.05) is 56.3 Å². The molecule has 3 saturated carbocycles. The van der Waals surface area contributed by atoms with Gasteiger partial charge in [-0.25, -0.2) is 27.5 Å². The molecule has 3 fully saturated rings. The third-order valence-electron chi connectivity index (χ3n) is 9.04. The Bertz CT molecular complexity index is 1590. The summed E-state index contributed by atoms with van der Waals surface area (Å²) in [5.41, 5.74) is 0.488. The molecule has 2 unspecified atom stereocenters. The zero-order valence-electron chi connectivity index (χ0n) is 24.7. The van der Waals surface area contributed by atoms with Gasteiger partial charge in [-0.15, -0.1) is 0 Å². The molecular formula is C31H33F7N6O2. The van der Waals surface area contributed by atoms with Crippen molar-refractivity contribution in [2.24, 2.45) is 17.8 Å². The van der Waals surface area contributed by atoms with E-state index < -0.39 is 48.4 Å². The number of alkyl halides is 7. The van der Waals surface area contributed by atoms with Gasteiger partial charge in [0.05, 0.1) is 35.6 Å². The van der Waals surface area contributed by atoms with Gasteiger partial charge in [0.25, 0.3) is 5.91 Å². The molecule has 46 heavy (non-hydrogen) atoms. The van der Waals surface area contributed by atoms with Gasteiger partial charge in [-0.1, -0.05) is 0 Å². The van der Waals surface area contributed by atoms with E-state index in [1.807, 2.05) is 0 Å². The Morgan fingerprint density at radius 1 is 0.913 bits per heavy atom. The lowest BCUT2D eigenvalue weighted by Gasteiger charge is -2.34. The molecule has 2 N–H and O–H groups in total. The topological polar surface area (TPSA) is 101 Å². The van der Waals surface area contributed by atoms with Crippen molar-refractivity contribution in [1.29, 1.82) is 0 Å². The third kappa shape index (κ3) is 7.77. The molecule has 6 rings (SSSR count). The molecule has 3 heterocycles. The predicted octanol–water partition coefficient (Wildman–Crippen LogP) is 6.53. The van der Waals surface area contributed by atoms with Crippen LogP contribution < -0.4 is 10.6 Å². The summed E-state index contributed by atoms with van der Waals surface area (Å²) in [7, 11) is 0. The van der Waals surface area contributed by atoms with Crippen molar-refractivity contribution < 1.29 is 40.3 Å². The largest absolute Gasteiger partial charge is 0.394 e. The van der Waals surface area contributed by atoms with Gasteiger partial charge in [0.15, 0.2) is 0 Å². The smallest absolute Gasteiger partial charge is 0.347 e. The Morgan fingerprint density at radius 3 is 2.22 bits per heavy atom. The first-order valence-corrected chi connectivity index (χ1v) is 15.4. The third-order valence-corrected chi connectivity index (χ3v) is 9.04. The fraction of sp³-hybridized carbons (Fsp3) is 0.581. The number of fused-ring (bicyclic) bond motifs is 1. The lowest BCUT2D eigenvalue weighted by molar-refractivity contribution is -0.134. The zero-order valence-corrected chi connectivity index (χ0v) is 24.7. The van der Waals surface area contributed by atoms with Crippen LogP contribution in [0.2, 0.25) is 0 Å². The monoisotopic (exact) mass is 654 g/mol. The van der Waals surface area contributed by atoms with Crippen LogP contribution in [0.15, 0.2) is 36.8 Å². The van der Waals surface area contributed by atoms with E-state index in [9.17, 15) is 40.3 Å². The van der Waals surface area contributed by atoms with E-state index in [4.69, 9.17) is 0 Å². The van der Waals surface area contributed by atoms with Crippen LogP contribution in [0.4, 0.5) is 30.7 Å². The molecule has 15 heteroatoms. The Balaban J connectivity index is 1.23. The van der Waals surface area contributed by atoms with Crippen molar-refractivity contribution in [2.75, 3.05) is 0 Å². The SMILES string of the molecule is O=C(CC1CC(F)(F)C1)NC(c1ccn2cc(C(NC(=O)c3ccnc(CC(F)(F)F)c3)C3CCC(F)(F)CC3)nc2n1)C1CC1. The van der Waals surface area contributed by atoms with Gasteiger partial charge in [-0.2, -0.15) is 13.2 Å². The maximum absolute atomic E-state index is 14.0. The minimum atomic E-state index is -4.52. The number of rotatable bonds is 10. The first-order chi connectivity index (χ1) is 21.6. The number of hydrogen-bond donors (Lipinski definition) is 2. The summed E-state index contributed by atoms with van der Waals surface area (Å²) in [6.45, 7) is 0. The number of carbonyl (C=O) groups is 2. The van der Waals surface area contributed by atoms with E-state index >= 15 is 0 Å². The average Bonchev–Trinajstić information content (AvgIpc) is 3.71. The first kappa shape index (κ1) is 32.2. The van der Waals surface area contributed by atoms with Crippen LogP contribution in [-0.2, 0) is 11.2 Å². The Hall–Kier alpha value is -3.78. The summed E-state index contributed by atoms with van der Waals surface area (Å²) in [6.07, 6.45) is -0.893. The molecule has 0 aromatic carbocycles. The molecular weight excluding hydrogens is 621 g/mol. The van der Waals surface area contributed by atoms with E-state index in [0.717, 1.165) is 25.1 Å². The molecule has 3 aromatic rings. The maximum Gasteiger partial charge on any atom is 0.394 e. The van der Waals surface area contributed by atoms with Crippen molar-refractivity contribution in [2.45, 2.75) is 94.3 Å². The number of aromatic nitrogens is 4. The lowest BCUT2D eigenvalue weighted by Crippen LogP contribution is -2.39. The maximum atomic E-state index is 14.0. The fourth-order valence-electron chi connectivity index (χ4n) is 6.49. The molecule has 2 atom stereocenters. The molecule has 8 nitrogen and oxygen atoms in total. The number of nitrogens with one attached hydrogen (secondary N) is 2. The van der Waals surface area contributed by atoms with E-state index in [1.54, 1.807) is 22.9 Å². The summed E-state index contributed by atoms with van der Waals surface area (Å²) in [5, 5.41) is 5.77. The van der Waals surface area contributed by atoms with E-state index in [-0.39, 0.29) is 79.7 Å². The number of amides is 2. The molecule has 248 valence electrons. The van der Waals surface area contributed by atoms with Crippen molar-refractivity contribution in [3.63, 3.8) is 0 Å². The predicted molar refractivity (Wildman–Crippen MR) is 150 cm³/mol. The van der Waals surface area contributed by atoms with Crippen molar-refractivity contribution >= 4 is 17.6 Å². The van der Waals surface area contributed by atoms with Gasteiger partial charge in [0.1, 0.15) is 0 Å². The van der Waals surface area contributed by atoms with Crippen molar-refractivity contribution in [3.8, 4) is 0 Å². The number of imidazole rings is 1. The van der Waals surface area contributed by atoms with Crippen LogP contribution in [0.25, 0.3) is 5.78 Å². The lowest BCUT2D eigenvalue weighted by atomic mass is 9.79. The van der Waals surface area contributed by atoms with Crippen molar-refractivity contribution in [3.05, 3.63) is 59.4 Å². The summed E-state index contributed by atoms with van der Waals surface area (Å²) >= 11 is 0. The highest BCUT2D eigenvalue weighted by Crippen LogP contribution is 2.45. The number of carbonyl (C=O) groups excluding carboxylic acids is 2. The van der Waals surface area contributed by atoms with Crippen LogP contribution in [-0.4, -0.2) is 49.2 Å². The van der Waals surface area contributed by atoms with Crippen LogP contribution >= 0.6 is 0 Å². The van der Waals surface area contributed by atoms with E-state index in [1.165, 1.54) is 6.07 Å². The van der Waals surface area contributed by atoms with Crippen LogP contribution in [0, 0.1) is 17.8 Å². The second-order valence-corrected chi connectivity index (χ2v) is 12.9. The molecule has 0 aliphatic heterocycles. The number of halogens is 7. The minimum absolute atomic E-state index is 0.00552. The molecule has 3 aliphatic rings. The molecule has 2 amide bonds. The van der Waals surface area contributed by atoms with Gasteiger partial charge in [-0.05, 0) is 61.6 Å². The van der Waals surface area contributed by atoms with Gasteiger partial charge < -0.3 is 10.6 Å². The average molecular weight is 655 g/mol. The molecule has 3 aliphatic carbocycles. The Morgan fingerprint density at radius 2 is 1.57 bits per heavy atom. The zero-order chi connectivity index (χ0) is 32.9. The van der Waals surface area contributed by atoms with Crippen molar-refractivity contribution in [1.82, 2.24) is 30.0 Å². The first-order valence-electron chi connectivity index (χ1n) is 15.4. The molecule has 0 saturated heterocycles. The highest BCUT2D eigenvalue weighted by Gasteiger charge is 2.46. The molecule has 0 bridgehead atoms. The van der Waals surface area contributed by atoms with Gasteiger partial charge >= 0.3 is 6.18 Å². The van der Waals surface area contributed by atoms with Gasteiger partial charge in [-0.3, -0.25) is 19.0 Å². The van der Waals surface area contributed by atoms with Gasteiger partial charge in [0.2, 0.25) is 23.5 Å². The Labute approximate surface area is 259 Å². The highest BCUT2D eigenvalue weighted by molar-refractivity contribution is 5.94. The quantitative estimate of drug-likeness (QED) is 0.242. The van der Waals surface area contributed by atoms with Crippen LogP contribution in [0.1, 0.15) is 97.3 Å². The fourth-order valence-corrected chi connectivity index (χ4v) is 6.49. The summed E-state index contributed by atoms with van der Waals surface area (Å²) < 4.78 is 95.0. The number of pyridine rings is 1. The molecule has 0 radical (unpaired) electrons. The van der Waals surface area contributed by atoms with Crippen LogP contribution in [0.5, 0.6) is 0 Å². The molecule has 3 aromatic heterocycles. The normalized spacial score (nSPS) is 21.4. The standard InChI is InChI=1S/C31H33F7N6O2/c32-29(33)7-3-19(4-8-29)26(43-27(46)20-5-9-39-21(12-20)15-31(36,37)38)23-16-44-10-6-22(40-28(44)41-23)25(18-1-2-18)42-24(45)11-17-13-30(34,35)14-17/h5-6,9-10,12,16-19,25-26H,1-4,7-8,11,13-15H2,(H,42,45)(H,43,46). The van der Waals surface area contributed by atoms with E-state index in [2.05, 4.69) is 25.6 Å². The highest BCUT2D eigenvalue weighted by atomic mass is 19.4. The summed E-state index contributed by atoms with van der Waals surface area (Å²) in [5.74, 6) is -6.99. The number of hydrogen-bond acceptors (Lipinski definition) is 5. The summed E-state index contributed by atoms with van der Waals surface area (Å²) in [4.78, 5) is 39.0. The second kappa shape index (κ2) is 12.1. The Kier molecular flexibility index (Phi) is 8.47. The van der Waals surface area contributed by atoms with E-state index in [0.29, 0.717) is 11.4 Å². The van der Waals surface area contributed by atoms with Crippen LogP contribution in [0.3, 0.4) is 0 Å². The minimum Gasteiger partial charge on any atom is -0.347 e. The summed E-state index contributed by atoms with van der Waals surface area (Å²) in [6, 6.07) is 2.77. The number of nitrogens with zero attached hydrogens (tertiary/aromatic N) is 4.